The van der Waals surface area contributed by atoms with Crippen molar-refractivity contribution in [1.82, 2.24) is 9.38 Å². The Morgan fingerprint density at radius 1 is 1.20 bits per heavy atom. The Bertz CT molecular complexity index is 722. The molecule has 0 bridgehead atoms. The largest absolute Gasteiger partial charge is 0.485 e. The smallest absolute Gasteiger partial charge is 0.179 e. The van der Waals surface area contributed by atoms with Crippen LogP contribution in [0.25, 0.3) is 5.65 Å². The van der Waals surface area contributed by atoms with Crippen molar-refractivity contribution in [1.29, 1.82) is 0 Å². The lowest BCUT2D eigenvalue weighted by molar-refractivity contribution is 0.308. The van der Waals surface area contributed by atoms with Crippen molar-refractivity contribution in [3.05, 3.63) is 65.9 Å². The summed E-state index contributed by atoms with van der Waals surface area (Å²) in [6, 6.07) is 9.97. The monoisotopic (exact) mass is 271 g/mol. The van der Waals surface area contributed by atoms with Crippen molar-refractivity contribution >= 4 is 5.65 Å². The topological polar surface area (TPSA) is 52.5 Å². The maximum absolute atomic E-state index is 12.8. The van der Waals surface area contributed by atoms with Crippen LogP contribution in [-0.4, -0.2) is 9.38 Å². The first-order chi connectivity index (χ1) is 9.78. The number of nitrogens with two attached hydrogens (primary N) is 1. The summed E-state index contributed by atoms with van der Waals surface area (Å²) in [7, 11) is 0. The zero-order valence-electron chi connectivity index (χ0n) is 10.8. The van der Waals surface area contributed by atoms with Gasteiger partial charge in [0.2, 0.25) is 0 Å². The number of hydrogen-bond donors (Lipinski definition) is 1. The van der Waals surface area contributed by atoms with E-state index in [1.54, 1.807) is 18.3 Å². The standard InChI is InChI=1S/C15H14FN3O/c16-12-5-3-11(4-6-12)10-20-14-2-1-7-19-13(8-17)9-18-15(14)19/h1-7,9H,8,10,17H2. The van der Waals surface area contributed by atoms with Crippen LogP contribution in [0.5, 0.6) is 5.75 Å². The first-order valence-electron chi connectivity index (χ1n) is 6.30. The number of nitrogens with zero attached hydrogens (tertiary/aromatic N) is 2. The molecule has 0 aliphatic heterocycles. The van der Waals surface area contributed by atoms with E-state index in [0.29, 0.717) is 18.9 Å². The zero-order chi connectivity index (χ0) is 13.9. The fourth-order valence-corrected chi connectivity index (χ4v) is 2.04. The van der Waals surface area contributed by atoms with Gasteiger partial charge in [-0.15, -0.1) is 0 Å². The first-order valence-corrected chi connectivity index (χ1v) is 6.30. The Labute approximate surface area is 115 Å². The molecule has 2 N–H and O–H groups in total. The molecule has 2 aromatic heterocycles. The third kappa shape index (κ3) is 2.35. The van der Waals surface area contributed by atoms with Crippen molar-refractivity contribution in [2.45, 2.75) is 13.2 Å². The van der Waals surface area contributed by atoms with Crippen LogP contribution < -0.4 is 10.5 Å². The summed E-state index contributed by atoms with van der Waals surface area (Å²) in [6.45, 7) is 0.785. The van der Waals surface area contributed by atoms with Crippen LogP contribution in [0.15, 0.2) is 48.8 Å². The molecule has 2 heterocycles. The molecule has 0 aliphatic rings. The number of ether oxygens (including phenoxy) is 1. The number of benzene rings is 1. The minimum atomic E-state index is -0.253. The van der Waals surface area contributed by atoms with E-state index in [4.69, 9.17) is 10.5 Å². The molecule has 0 saturated heterocycles. The van der Waals surface area contributed by atoms with E-state index in [1.807, 2.05) is 22.7 Å². The molecular weight excluding hydrogens is 257 g/mol. The molecule has 102 valence electrons. The van der Waals surface area contributed by atoms with E-state index in [1.165, 1.54) is 12.1 Å². The van der Waals surface area contributed by atoms with Crippen molar-refractivity contribution < 1.29 is 9.13 Å². The molecular formula is C15H14FN3O. The van der Waals surface area contributed by atoms with Gasteiger partial charge in [0.15, 0.2) is 11.4 Å². The van der Waals surface area contributed by atoms with Gasteiger partial charge in [-0.05, 0) is 29.8 Å². The predicted molar refractivity (Wildman–Crippen MR) is 73.8 cm³/mol. The van der Waals surface area contributed by atoms with Gasteiger partial charge in [0, 0.05) is 12.7 Å². The molecule has 3 rings (SSSR count). The summed E-state index contributed by atoms with van der Waals surface area (Å²) in [5.41, 5.74) is 8.21. The predicted octanol–water partition coefficient (Wildman–Crippen LogP) is 2.51. The highest BCUT2D eigenvalue weighted by atomic mass is 19.1. The quantitative estimate of drug-likeness (QED) is 0.793. The zero-order valence-corrected chi connectivity index (χ0v) is 10.8. The molecule has 0 amide bonds. The molecule has 0 saturated carbocycles. The third-order valence-corrected chi connectivity index (χ3v) is 3.09. The lowest BCUT2D eigenvalue weighted by Crippen LogP contribution is -2.02. The number of imidazole rings is 1. The number of pyridine rings is 1. The van der Waals surface area contributed by atoms with Gasteiger partial charge in [-0.1, -0.05) is 12.1 Å². The lowest BCUT2D eigenvalue weighted by atomic mass is 10.2. The van der Waals surface area contributed by atoms with Crippen molar-refractivity contribution in [2.24, 2.45) is 5.73 Å². The highest BCUT2D eigenvalue weighted by molar-refractivity contribution is 5.54. The summed E-state index contributed by atoms with van der Waals surface area (Å²) >= 11 is 0. The van der Waals surface area contributed by atoms with Crippen LogP contribution in [0.3, 0.4) is 0 Å². The number of hydrogen-bond acceptors (Lipinski definition) is 3. The number of fused-ring (bicyclic) bond motifs is 1. The SMILES string of the molecule is NCc1cnc2c(OCc3ccc(F)cc3)cccn12. The van der Waals surface area contributed by atoms with Crippen LogP contribution >= 0.6 is 0 Å². The minimum Gasteiger partial charge on any atom is -0.485 e. The van der Waals surface area contributed by atoms with Crippen LogP contribution in [0.4, 0.5) is 4.39 Å². The molecule has 0 spiro atoms. The highest BCUT2D eigenvalue weighted by Crippen LogP contribution is 2.20. The maximum atomic E-state index is 12.8. The average molecular weight is 271 g/mol. The second kappa shape index (κ2) is 5.30. The van der Waals surface area contributed by atoms with E-state index in [9.17, 15) is 4.39 Å². The number of rotatable bonds is 4. The van der Waals surface area contributed by atoms with Gasteiger partial charge in [-0.25, -0.2) is 9.37 Å². The summed E-state index contributed by atoms with van der Waals surface area (Å²) in [6.07, 6.45) is 3.63. The highest BCUT2D eigenvalue weighted by Gasteiger charge is 2.07. The molecule has 0 radical (unpaired) electrons. The molecule has 0 aliphatic carbocycles. The van der Waals surface area contributed by atoms with Crippen LogP contribution in [0.1, 0.15) is 11.3 Å². The van der Waals surface area contributed by atoms with Crippen LogP contribution in [-0.2, 0) is 13.2 Å². The molecule has 0 unspecified atom stereocenters. The Morgan fingerprint density at radius 3 is 2.75 bits per heavy atom. The second-order valence-corrected chi connectivity index (χ2v) is 4.43. The summed E-state index contributed by atoms with van der Waals surface area (Å²) in [5, 5.41) is 0. The molecule has 4 nitrogen and oxygen atoms in total. The fourth-order valence-electron chi connectivity index (χ4n) is 2.04. The molecule has 0 fully saturated rings. The maximum Gasteiger partial charge on any atom is 0.179 e. The van der Waals surface area contributed by atoms with E-state index in [-0.39, 0.29) is 5.82 Å². The van der Waals surface area contributed by atoms with Gasteiger partial charge in [0.05, 0.1) is 11.9 Å². The first kappa shape index (κ1) is 12.6. The van der Waals surface area contributed by atoms with Crippen molar-refractivity contribution in [3.8, 4) is 5.75 Å². The molecule has 0 atom stereocenters. The lowest BCUT2D eigenvalue weighted by Gasteiger charge is -2.08. The Morgan fingerprint density at radius 2 is 2.00 bits per heavy atom. The van der Waals surface area contributed by atoms with Crippen molar-refractivity contribution in [3.63, 3.8) is 0 Å². The second-order valence-electron chi connectivity index (χ2n) is 4.43. The Hall–Kier alpha value is -2.40. The summed E-state index contributed by atoms with van der Waals surface area (Å²) in [4.78, 5) is 4.31. The van der Waals surface area contributed by atoms with E-state index >= 15 is 0 Å². The van der Waals surface area contributed by atoms with E-state index in [2.05, 4.69) is 4.98 Å². The molecule has 20 heavy (non-hydrogen) atoms. The summed E-state index contributed by atoms with van der Waals surface area (Å²) < 4.78 is 20.5. The number of aromatic nitrogens is 2. The van der Waals surface area contributed by atoms with Gasteiger partial charge in [-0.2, -0.15) is 0 Å². The van der Waals surface area contributed by atoms with Crippen LogP contribution in [0.2, 0.25) is 0 Å². The van der Waals surface area contributed by atoms with E-state index < -0.39 is 0 Å². The van der Waals surface area contributed by atoms with Crippen LogP contribution in [0, 0.1) is 5.82 Å². The van der Waals surface area contributed by atoms with Gasteiger partial charge >= 0.3 is 0 Å². The molecule has 3 aromatic rings. The normalized spacial score (nSPS) is 10.9. The Balaban J connectivity index is 1.84. The van der Waals surface area contributed by atoms with Gasteiger partial charge in [-0.3, -0.25) is 4.40 Å². The molecule has 1 aromatic carbocycles. The van der Waals surface area contributed by atoms with Crippen molar-refractivity contribution in [2.75, 3.05) is 0 Å². The minimum absolute atomic E-state index is 0.253. The fraction of sp³-hybridized carbons (Fsp3) is 0.133. The Kier molecular flexibility index (Phi) is 3.35. The van der Waals surface area contributed by atoms with Gasteiger partial charge in [0.1, 0.15) is 12.4 Å². The summed E-state index contributed by atoms with van der Waals surface area (Å²) in [5.74, 6) is 0.424. The van der Waals surface area contributed by atoms with Gasteiger partial charge < -0.3 is 10.5 Å². The average Bonchev–Trinajstić information content (AvgIpc) is 2.90. The number of halogens is 1. The molecule has 5 heteroatoms. The van der Waals surface area contributed by atoms with E-state index in [0.717, 1.165) is 16.9 Å². The van der Waals surface area contributed by atoms with Gasteiger partial charge in [0.25, 0.3) is 0 Å². The third-order valence-electron chi connectivity index (χ3n) is 3.09.